The number of benzene rings is 1. The fraction of sp³-hybridized carbons (Fsp3) is 0.500. The first-order valence-electron chi connectivity index (χ1n) is 9.16. The van der Waals surface area contributed by atoms with Crippen LogP contribution in [0.15, 0.2) is 29.6 Å². The molecular weight excluding hydrogens is 330 g/mol. The van der Waals surface area contributed by atoms with E-state index in [0.717, 1.165) is 16.3 Å². The molecule has 3 rings (SSSR count). The number of carbonyl (C=O) groups is 1. The van der Waals surface area contributed by atoms with E-state index in [9.17, 15) is 4.79 Å². The number of amides is 1. The Morgan fingerprint density at radius 1 is 1.28 bits per heavy atom. The first kappa shape index (κ1) is 18.1. The van der Waals surface area contributed by atoms with E-state index in [4.69, 9.17) is 5.73 Å². The van der Waals surface area contributed by atoms with Gasteiger partial charge in [0, 0.05) is 23.5 Å². The van der Waals surface area contributed by atoms with Crippen LogP contribution in [0.4, 0.5) is 0 Å². The van der Waals surface area contributed by atoms with Crippen molar-refractivity contribution in [3.8, 4) is 10.6 Å². The van der Waals surface area contributed by atoms with Crippen molar-refractivity contribution < 1.29 is 4.79 Å². The molecule has 1 atom stereocenters. The maximum Gasteiger partial charge on any atom is 0.226 e. The molecule has 4 nitrogen and oxygen atoms in total. The standard InChI is InChI=1S/C20H27N3OS/c1-14-7-9-16(10-8-14)20-22-17(13-25-20)11-19(24)23-18(12-21)15-5-3-2-4-6-15/h7-10,13,15,18H,2-6,11-12,21H2,1H3,(H,23,24). The Labute approximate surface area is 153 Å². The number of thiazole rings is 1. The van der Waals surface area contributed by atoms with Crippen LogP contribution in [0.25, 0.3) is 10.6 Å². The highest BCUT2D eigenvalue weighted by Crippen LogP contribution is 2.27. The molecule has 0 spiro atoms. The Morgan fingerprint density at radius 2 is 2.00 bits per heavy atom. The third-order valence-electron chi connectivity index (χ3n) is 5.01. The maximum absolute atomic E-state index is 12.4. The minimum Gasteiger partial charge on any atom is -0.351 e. The van der Waals surface area contributed by atoms with Crippen molar-refractivity contribution in [2.24, 2.45) is 11.7 Å². The van der Waals surface area contributed by atoms with Gasteiger partial charge in [-0.3, -0.25) is 4.79 Å². The van der Waals surface area contributed by atoms with Gasteiger partial charge in [-0.2, -0.15) is 0 Å². The highest BCUT2D eigenvalue weighted by atomic mass is 32.1. The molecule has 25 heavy (non-hydrogen) atoms. The molecule has 0 radical (unpaired) electrons. The van der Waals surface area contributed by atoms with Gasteiger partial charge < -0.3 is 11.1 Å². The second-order valence-corrected chi connectivity index (χ2v) is 7.85. The van der Waals surface area contributed by atoms with Crippen LogP contribution in [0.2, 0.25) is 0 Å². The van der Waals surface area contributed by atoms with Crippen LogP contribution in [0.3, 0.4) is 0 Å². The van der Waals surface area contributed by atoms with Crippen LogP contribution < -0.4 is 11.1 Å². The predicted molar refractivity (Wildman–Crippen MR) is 104 cm³/mol. The summed E-state index contributed by atoms with van der Waals surface area (Å²) in [7, 11) is 0. The number of carbonyl (C=O) groups excluding carboxylic acids is 1. The summed E-state index contributed by atoms with van der Waals surface area (Å²) in [6.45, 7) is 2.59. The molecule has 1 unspecified atom stereocenters. The Hall–Kier alpha value is -1.72. The van der Waals surface area contributed by atoms with Crippen LogP contribution in [0.5, 0.6) is 0 Å². The monoisotopic (exact) mass is 357 g/mol. The smallest absolute Gasteiger partial charge is 0.226 e. The van der Waals surface area contributed by atoms with Crippen LogP contribution in [0.1, 0.15) is 43.4 Å². The first-order valence-corrected chi connectivity index (χ1v) is 10.0. The number of hydrogen-bond donors (Lipinski definition) is 2. The zero-order valence-corrected chi connectivity index (χ0v) is 15.6. The number of nitrogens with two attached hydrogens (primary N) is 1. The van der Waals surface area contributed by atoms with E-state index >= 15 is 0 Å². The lowest BCUT2D eigenvalue weighted by Crippen LogP contribution is -2.46. The van der Waals surface area contributed by atoms with Gasteiger partial charge in [0.1, 0.15) is 5.01 Å². The van der Waals surface area contributed by atoms with Gasteiger partial charge in [0.2, 0.25) is 5.91 Å². The quantitative estimate of drug-likeness (QED) is 0.828. The van der Waals surface area contributed by atoms with Gasteiger partial charge in [-0.25, -0.2) is 4.98 Å². The van der Waals surface area contributed by atoms with Crippen molar-refractivity contribution in [2.75, 3.05) is 6.54 Å². The summed E-state index contributed by atoms with van der Waals surface area (Å²) in [6.07, 6.45) is 6.49. The topological polar surface area (TPSA) is 68.0 Å². The van der Waals surface area contributed by atoms with E-state index in [2.05, 4.69) is 41.5 Å². The molecule has 0 aliphatic heterocycles. The summed E-state index contributed by atoms with van der Waals surface area (Å²) in [4.78, 5) is 17.0. The van der Waals surface area contributed by atoms with Crippen molar-refractivity contribution in [2.45, 2.75) is 51.5 Å². The molecule has 1 aromatic heterocycles. The molecule has 5 heteroatoms. The first-order chi connectivity index (χ1) is 12.2. The third kappa shape index (κ3) is 4.89. The van der Waals surface area contributed by atoms with E-state index in [-0.39, 0.29) is 11.9 Å². The van der Waals surface area contributed by atoms with E-state index < -0.39 is 0 Å². The fourth-order valence-electron chi connectivity index (χ4n) is 3.54. The molecule has 1 fully saturated rings. The number of aryl methyl sites for hydroxylation is 1. The number of rotatable bonds is 6. The molecule has 1 saturated carbocycles. The summed E-state index contributed by atoms with van der Waals surface area (Å²) in [5, 5.41) is 6.08. The highest BCUT2D eigenvalue weighted by Gasteiger charge is 2.24. The van der Waals surface area contributed by atoms with E-state index in [1.54, 1.807) is 11.3 Å². The SMILES string of the molecule is Cc1ccc(-c2nc(CC(=O)NC(CN)C3CCCCC3)cs2)cc1. The minimum atomic E-state index is 0.0294. The molecule has 1 aromatic carbocycles. The van der Waals surface area contributed by atoms with E-state index in [0.29, 0.717) is 18.9 Å². The molecule has 134 valence electrons. The second-order valence-electron chi connectivity index (χ2n) is 6.99. The second kappa shape index (κ2) is 8.59. The summed E-state index contributed by atoms with van der Waals surface area (Å²) in [5.74, 6) is 0.558. The maximum atomic E-state index is 12.4. The van der Waals surface area contributed by atoms with Gasteiger partial charge in [0.25, 0.3) is 0 Å². The molecule has 1 aliphatic rings. The molecule has 1 amide bonds. The molecular formula is C20H27N3OS. The van der Waals surface area contributed by atoms with Crippen molar-refractivity contribution >= 4 is 17.2 Å². The summed E-state index contributed by atoms with van der Waals surface area (Å²) < 4.78 is 0. The van der Waals surface area contributed by atoms with Crippen LogP contribution in [-0.2, 0) is 11.2 Å². The average Bonchev–Trinajstić information content (AvgIpc) is 3.09. The molecule has 2 aromatic rings. The average molecular weight is 358 g/mol. The molecule has 1 aliphatic carbocycles. The minimum absolute atomic E-state index is 0.0294. The molecule has 1 heterocycles. The summed E-state index contributed by atoms with van der Waals surface area (Å²) in [5.41, 5.74) is 9.07. The lowest BCUT2D eigenvalue weighted by Gasteiger charge is -2.30. The largest absolute Gasteiger partial charge is 0.351 e. The van der Waals surface area contributed by atoms with Crippen LogP contribution >= 0.6 is 11.3 Å². The van der Waals surface area contributed by atoms with Gasteiger partial charge in [0.05, 0.1) is 12.1 Å². The van der Waals surface area contributed by atoms with Crippen LogP contribution in [0, 0.1) is 12.8 Å². The third-order valence-corrected chi connectivity index (χ3v) is 5.95. The highest BCUT2D eigenvalue weighted by molar-refractivity contribution is 7.13. The Kier molecular flexibility index (Phi) is 6.21. The number of nitrogens with one attached hydrogen (secondary N) is 1. The zero-order valence-electron chi connectivity index (χ0n) is 14.8. The van der Waals surface area contributed by atoms with Crippen molar-refractivity contribution in [3.05, 3.63) is 40.9 Å². The lowest BCUT2D eigenvalue weighted by atomic mass is 9.84. The van der Waals surface area contributed by atoms with E-state index in [1.807, 2.05) is 5.38 Å². The van der Waals surface area contributed by atoms with Crippen molar-refractivity contribution in [1.29, 1.82) is 0 Å². The Balaban J connectivity index is 1.58. The predicted octanol–water partition coefficient (Wildman–Crippen LogP) is 3.68. The number of aromatic nitrogens is 1. The fourth-order valence-corrected chi connectivity index (χ4v) is 4.37. The van der Waals surface area contributed by atoms with Gasteiger partial charge >= 0.3 is 0 Å². The summed E-state index contributed by atoms with van der Waals surface area (Å²) >= 11 is 1.59. The van der Waals surface area contributed by atoms with E-state index in [1.165, 1.54) is 37.7 Å². The Morgan fingerprint density at radius 3 is 2.68 bits per heavy atom. The van der Waals surface area contributed by atoms with Gasteiger partial charge in [-0.1, -0.05) is 49.1 Å². The van der Waals surface area contributed by atoms with Crippen molar-refractivity contribution in [3.63, 3.8) is 0 Å². The van der Waals surface area contributed by atoms with Gasteiger partial charge in [0.15, 0.2) is 0 Å². The van der Waals surface area contributed by atoms with Crippen molar-refractivity contribution in [1.82, 2.24) is 10.3 Å². The lowest BCUT2D eigenvalue weighted by molar-refractivity contribution is -0.121. The van der Waals surface area contributed by atoms with Gasteiger partial charge in [-0.15, -0.1) is 11.3 Å². The zero-order chi connectivity index (χ0) is 17.6. The molecule has 0 bridgehead atoms. The molecule has 0 saturated heterocycles. The molecule has 3 N–H and O–H groups in total. The normalized spacial score (nSPS) is 16.6. The summed E-state index contributed by atoms with van der Waals surface area (Å²) in [6, 6.07) is 8.41. The van der Waals surface area contributed by atoms with Gasteiger partial charge in [-0.05, 0) is 25.7 Å². The number of hydrogen-bond acceptors (Lipinski definition) is 4. The number of nitrogens with zero attached hydrogens (tertiary/aromatic N) is 1. The van der Waals surface area contributed by atoms with Crippen LogP contribution in [-0.4, -0.2) is 23.5 Å². The Bertz CT molecular complexity index is 689.